The fourth-order valence-corrected chi connectivity index (χ4v) is 2.78. The van der Waals surface area contributed by atoms with E-state index in [2.05, 4.69) is 20.8 Å². The minimum absolute atomic E-state index is 0.288. The average molecular weight is 152 g/mol. The summed E-state index contributed by atoms with van der Waals surface area (Å²) >= 11 is 0. The smallest absolute Gasteiger partial charge is 0.0647 e. The molecule has 0 heterocycles. The van der Waals surface area contributed by atoms with E-state index in [-0.39, 0.29) is 6.61 Å². The van der Waals surface area contributed by atoms with Crippen LogP contribution in [0.15, 0.2) is 11.1 Å². The van der Waals surface area contributed by atoms with E-state index in [1.54, 1.807) is 0 Å². The van der Waals surface area contributed by atoms with E-state index in [1.807, 2.05) is 0 Å². The molecule has 1 N–H and O–H groups in total. The molecule has 0 aromatic rings. The van der Waals surface area contributed by atoms with Crippen molar-refractivity contribution in [3.8, 4) is 0 Å². The molecule has 0 aromatic heterocycles. The van der Waals surface area contributed by atoms with Crippen LogP contribution in [0.2, 0.25) is 0 Å². The van der Waals surface area contributed by atoms with Gasteiger partial charge in [0.2, 0.25) is 0 Å². The van der Waals surface area contributed by atoms with Crippen LogP contribution in [0.5, 0.6) is 0 Å². The molecule has 0 saturated heterocycles. The predicted octanol–water partition coefficient (Wildman–Crippen LogP) is 1.97. The lowest BCUT2D eigenvalue weighted by atomic mass is 9.96. The van der Waals surface area contributed by atoms with Crippen LogP contribution in [0.4, 0.5) is 0 Å². The molecule has 0 amide bonds. The topological polar surface area (TPSA) is 20.2 Å². The molecule has 1 saturated carbocycles. The Morgan fingerprint density at radius 1 is 1.55 bits per heavy atom. The van der Waals surface area contributed by atoms with E-state index in [0.717, 1.165) is 5.92 Å². The van der Waals surface area contributed by atoms with Gasteiger partial charge in [0.25, 0.3) is 0 Å². The van der Waals surface area contributed by atoms with E-state index >= 15 is 0 Å². The first-order valence-electron chi connectivity index (χ1n) is 4.38. The third kappa shape index (κ3) is 0.750. The number of fused-ring (bicyclic) bond motifs is 1. The molecular weight excluding hydrogens is 136 g/mol. The van der Waals surface area contributed by atoms with Crippen LogP contribution in [0.25, 0.3) is 0 Å². The highest BCUT2D eigenvalue weighted by Crippen LogP contribution is 2.68. The van der Waals surface area contributed by atoms with Gasteiger partial charge in [0.1, 0.15) is 0 Å². The van der Waals surface area contributed by atoms with Crippen molar-refractivity contribution in [3.05, 3.63) is 11.1 Å². The molecule has 2 rings (SSSR count). The SMILES string of the molecule is CC1=C(CO)C2C(C1)C2(C)C. The summed E-state index contributed by atoms with van der Waals surface area (Å²) in [6.45, 7) is 7.07. The molecule has 2 unspecified atom stereocenters. The largest absolute Gasteiger partial charge is 0.392 e. The van der Waals surface area contributed by atoms with E-state index in [4.69, 9.17) is 5.11 Å². The summed E-state index contributed by atoms with van der Waals surface area (Å²) in [4.78, 5) is 0. The Bertz CT molecular complexity index is 225. The van der Waals surface area contributed by atoms with Crippen molar-refractivity contribution >= 4 is 0 Å². The highest BCUT2D eigenvalue weighted by molar-refractivity contribution is 5.35. The maximum atomic E-state index is 9.11. The number of rotatable bonds is 1. The summed E-state index contributed by atoms with van der Waals surface area (Å²) in [5, 5.41) is 9.11. The third-order valence-electron chi connectivity index (χ3n) is 3.67. The molecule has 62 valence electrons. The maximum Gasteiger partial charge on any atom is 0.0647 e. The first-order valence-corrected chi connectivity index (χ1v) is 4.38. The summed E-state index contributed by atoms with van der Waals surface area (Å²) in [6.07, 6.45) is 1.23. The molecular formula is C10H16O. The monoisotopic (exact) mass is 152 g/mol. The molecule has 0 aliphatic heterocycles. The van der Waals surface area contributed by atoms with Crippen LogP contribution < -0.4 is 0 Å². The Morgan fingerprint density at radius 3 is 2.55 bits per heavy atom. The molecule has 2 aliphatic rings. The molecule has 2 aliphatic carbocycles. The molecule has 1 nitrogen and oxygen atoms in total. The first kappa shape index (κ1) is 7.35. The van der Waals surface area contributed by atoms with Crippen LogP contribution in [0, 0.1) is 17.3 Å². The molecule has 1 heteroatoms. The average Bonchev–Trinajstić information content (AvgIpc) is 2.38. The van der Waals surface area contributed by atoms with Gasteiger partial charge in [-0.3, -0.25) is 0 Å². The zero-order chi connectivity index (χ0) is 8.22. The van der Waals surface area contributed by atoms with Gasteiger partial charge in [-0.05, 0) is 36.2 Å². The van der Waals surface area contributed by atoms with Crippen molar-refractivity contribution < 1.29 is 5.11 Å². The van der Waals surface area contributed by atoms with Gasteiger partial charge in [0.15, 0.2) is 0 Å². The van der Waals surface area contributed by atoms with Crippen molar-refractivity contribution in [2.75, 3.05) is 6.61 Å². The Morgan fingerprint density at radius 2 is 2.18 bits per heavy atom. The predicted molar refractivity (Wildman–Crippen MR) is 45.2 cm³/mol. The Labute approximate surface area is 68.1 Å². The van der Waals surface area contributed by atoms with Crippen LogP contribution in [0.1, 0.15) is 27.2 Å². The summed E-state index contributed by atoms with van der Waals surface area (Å²) in [6, 6.07) is 0. The van der Waals surface area contributed by atoms with Gasteiger partial charge in [-0.1, -0.05) is 19.4 Å². The lowest BCUT2D eigenvalue weighted by molar-refractivity contribution is 0.319. The number of aliphatic hydroxyl groups excluding tert-OH is 1. The van der Waals surface area contributed by atoms with Crippen molar-refractivity contribution in [1.82, 2.24) is 0 Å². The number of hydrogen-bond donors (Lipinski definition) is 1. The standard InChI is InChI=1S/C10H16O/c1-6-4-8-9(7(6)5-11)10(8,2)3/h8-9,11H,4-5H2,1-3H3. The number of hydrogen-bond acceptors (Lipinski definition) is 1. The Balaban J connectivity index is 2.25. The normalized spacial score (nSPS) is 39.3. The van der Waals surface area contributed by atoms with Crippen LogP contribution in [-0.2, 0) is 0 Å². The quantitative estimate of drug-likeness (QED) is 0.569. The second kappa shape index (κ2) is 1.89. The van der Waals surface area contributed by atoms with Crippen molar-refractivity contribution in [2.24, 2.45) is 17.3 Å². The fraction of sp³-hybridized carbons (Fsp3) is 0.800. The maximum absolute atomic E-state index is 9.11. The summed E-state index contributed by atoms with van der Waals surface area (Å²) in [5.41, 5.74) is 3.28. The van der Waals surface area contributed by atoms with E-state index in [0.29, 0.717) is 11.3 Å². The van der Waals surface area contributed by atoms with Gasteiger partial charge in [0, 0.05) is 0 Å². The molecule has 2 atom stereocenters. The molecule has 0 spiro atoms. The molecule has 11 heavy (non-hydrogen) atoms. The van der Waals surface area contributed by atoms with Gasteiger partial charge in [-0.25, -0.2) is 0 Å². The molecule has 0 radical (unpaired) electrons. The summed E-state index contributed by atoms with van der Waals surface area (Å²) < 4.78 is 0. The Hall–Kier alpha value is -0.300. The lowest BCUT2D eigenvalue weighted by Crippen LogP contribution is -2.02. The van der Waals surface area contributed by atoms with Crippen LogP contribution in [-0.4, -0.2) is 11.7 Å². The van der Waals surface area contributed by atoms with Crippen molar-refractivity contribution in [2.45, 2.75) is 27.2 Å². The van der Waals surface area contributed by atoms with Crippen molar-refractivity contribution in [3.63, 3.8) is 0 Å². The highest BCUT2D eigenvalue weighted by Gasteiger charge is 2.61. The molecule has 0 aromatic carbocycles. The van der Waals surface area contributed by atoms with Gasteiger partial charge in [0.05, 0.1) is 6.61 Å². The lowest BCUT2D eigenvalue weighted by Gasteiger charge is -2.10. The van der Waals surface area contributed by atoms with E-state index < -0.39 is 0 Å². The van der Waals surface area contributed by atoms with E-state index in [9.17, 15) is 0 Å². The summed E-state index contributed by atoms with van der Waals surface area (Å²) in [7, 11) is 0. The van der Waals surface area contributed by atoms with Gasteiger partial charge in [-0.15, -0.1) is 0 Å². The molecule has 1 fully saturated rings. The second-order valence-electron chi connectivity index (χ2n) is 4.57. The zero-order valence-electron chi connectivity index (χ0n) is 7.52. The van der Waals surface area contributed by atoms with Gasteiger partial charge >= 0.3 is 0 Å². The third-order valence-corrected chi connectivity index (χ3v) is 3.67. The molecule has 0 bridgehead atoms. The fourth-order valence-electron chi connectivity index (χ4n) is 2.78. The highest BCUT2D eigenvalue weighted by atomic mass is 16.3. The van der Waals surface area contributed by atoms with Gasteiger partial charge in [-0.2, -0.15) is 0 Å². The number of allylic oxidation sites excluding steroid dienone is 1. The first-order chi connectivity index (χ1) is 5.09. The minimum Gasteiger partial charge on any atom is -0.392 e. The van der Waals surface area contributed by atoms with Crippen LogP contribution >= 0.6 is 0 Å². The Kier molecular flexibility index (Phi) is 1.26. The second-order valence-corrected chi connectivity index (χ2v) is 4.57. The van der Waals surface area contributed by atoms with E-state index in [1.165, 1.54) is 17.6 Å². The minimum atomic E-state index is 0.288. The van der Waals surface area contributed by atoms with Crippen LogP contribution in [0.3, 0.4) is 0 Å². The van der Waals surface area contributed by atoms with Crippen molar-refractivity contribution in [1.29, 1.82) is 0 Å². The number of aliphatic hydroxyl groups is 1. The summed E-state index contributed by atoms with van der Waals surface area (Å²) in [5.74, 6) is 1.57. The van der Waals surface area contributed by atoms with Gasteiger partial charge < -0.3 is 5.11 Å². The zero-order valence-corrected chi connectivity index (χ0v) is 7.52.